The van der Waals surface area contributed by atoms with Crippen molar-refractivity contribution in [3.05, 3.63) is 59.4 Å². The number of benzene rings is 1. The Bertz CT molecular complexity index is 614. The van der Waals surface area contributed by atoms with Gasteiger partial charge in [-0.2, -0.15) is 0 Å². The molecule has 2 rings (SSSR count). The predicted molar refractivity (Wildman–Crippen MR) is 79.2 cm³/mol. The fourth-order valence-electron chi connectivity index (χ4n) is 1.90. The lowest BCUT2D eigenvalue weighted by Gasteiger charge is -2.11. The third-order valence-electron chi connectivity index (χ3n) is 2.90. The van der Waals surface area contributed by atoms with Crippen molar-refractivity contribution in [3.8, 4) is 5.75 Å². The topological polar surface area (TPSA) is 71.5 Å². The minimum Gasteiger partial charge on any atom is -0.491 e. The van der Waals surface area contributed by atoms with Crippen molar-refractivity contribution in [1.29, 1.82) is 0 Å². The number of nitrogens with zero attached hydrogens (tertiary/aromatic N) is 1. The Labute approximate surface area is 123 Å². The molecular weight excluding hydrogens is 268 g/mol. The molecule has 110 valence electrons. The fraction of sp³-hybridized carbons (Fsp3) is 0.250. The summed E-state index contributed by atoms with van der Waals surface area (Å²) in [6.45, 7) is 2.43. The number of ether oxygens (including phenoxy) is 1. The van der Waals surface area contributed by atoms with E-state index in [0.29, 0.717) is 17.9 Å². The maximum Gasteiger partial charge on any atom is 0.253 e. The Hall–Kier alpha value is -2.40. The van der Waals surface area contributed by atoms with E-state index in [-0.39, 0.29) is 19.1 Å². The highest BCUT2D eigenvalue weighted by molar-refractivity contribution is 5.93. The number of pyridine rings is 1. The Morgan fingerprint density at radius 2 is 2.14 bits per heavy atom. The molecule has 0 spiro atoms. The molecule has 0 atom stereocenters. The lowest BCUT2D eigenvalue weighted by atomic mass is 10.2. The first kappa shape index (κ1) is 15.0. The van der Waals surface area contributed by atoms with Crippen LogP contribution in [-0.2, 0) is 6.54 Å². The van der Waals surface area contributed by atoms with Crippen molar-refractivity contribution in [2.24, 2.45) is 0 Å². The summed E-state index contributed by atoms with van der Waals surface area (Å²) in [6.07, 6.45) is 3.24. The Morgan fingerprint density at radius 3 is 2.90 bits per heavy atom. The number of para-hydroxylation sites is 1. The fourth-order valence-corrected chi connectivity index (χ4v) is 1.90. The van der Waals surface area contributed by atoms with Crippen LogP contribution in [0.5, 0.6) is 5.75 Å². The number of carbonyl (C=O) groups is 1. The second-order valence-corrected chi connectivity index (χ2v) is 4.61. The van der Waals surface area contributed by atoms with Gasteiger partial charge in [0.2, 0.25) is 0 Å². The SMILES string of the molecule is Cc1cncc(C(=O)NCc2ccccc2OCCO)c1. The van der Waals surface area contributed by atoms with Gasteiger partial charge >= 0.3 is 0 Å². The second kappa shape index (κ2) is 7.40. The molecule has 0 aliphatic rings. The summed E-state index contributed by atoms with van der Waals surface area (Å²) < 4.78 is 5.43. The molecule has 2 N–H and O–H groups in total. The van der Waals surface area contributed by atoms with Gasteiger partial charge in [-0.05, 0) is 24.6 Å². The van der Waals surface area contributed by atoms with Gasteiger partial charge in [-0.15, -0.1) is 0 Å². The third kappa shape index (κ3) is 4.29. The molecule has 1 aromatic heterocycles. The molecular formula is C16H18N2O3. The van der Waals surface area contributed by atoms with Gasteiger partial charge in [0.05, 0.1) is 12.2 Å². The van der Waals surface area contributed by atoms with Gasteiger partial charge in [-0.1, -0.05) is 18.2 Å². The van der Waals surface area contributed by atoms with Crippen molar-refractivity contribution in [2.45, 2.75) is 13.5 Å². The number of hydrogen-bond donors (Lipinski definition) is 2. The minimum atomic E-state index is -0.178. The molecule has 21 heavy (non-hydrogen) atoms. The number of rotatable bonds is 6. The minimum absolute atomic E-state index is 0.0460. The highest BCUT2D eigenvalue weighted by Gasteiger charge is 2.08. The number of aliphatic hydroxyl groups excluding tert-OH is 1. The maximum absolute atomic E-state index is 12.1. The second-order valence-electron chi connectivity index (χ2n) is 4.61. The molecule has 0 aliphatic heterocycles. The standard InChI is InChI=1S/C16H18N2O3/c1-12-8-14(10-17-9-12)16(20)18-11-13-4-2-3-5-15(13)21-7-6-19/h2-5,8-10,19H,6-7,11H2,1H3,(H,18,20). The van der Waals surface area contributed by atoms with Crippen molar-refractivity contribution in [1.82, 2.24) is 10.3 Å². The molecule has 1 heterocycles. The average Bonchev–Trinajstić information content (AvgIpc) is 2.51. The van der Waals surface area contributed by atoms with Gasteiger partial charge in [0.15, 0.2) is 0 Å². The van der Waals surface area contributed by atoms with E-state index in [9.17, 15) is 4.79 Å². The monoisotopic (exact) mass is 286 g/mol. The van der Waals surface area contributed by atoms with Gasteiger partial charge in [-0.25, -0.2) is 0 Å². The van der Waals surface area contributed by atoms with E-state index in [2.05, 4.69) is 10.3 Å². The lowest BCUT2D eigenvalue weighted by Crippen LogP contribution is -2.23. The third-order valence-corrected chi connectivity index (χ3v) is 2.90. The summed E-state index contributed by atoms with van der Waals surface area (Å²) in [5, 5.41) is 11.6. The van der Waals surface area contributed by atoms with Gasteiger partial charge < -0.3 is 15.2 Å². The van der Waals surface area contributed by atoms with Gasteiger partial charge in [0, 0.05) is 24.5 Å². The summed E-state index contributed by atoms with van der Waals surface area (Å²) in [6, 6.07) is 9.20. The summed E-state index contributed by atoms with van der Waals surface area (Å²) in [4.78, 5) is 16.1. The molecule has 2 aromatic rings. The zero-order chi connectivity index (χ0) is 15.1. The molecule has 0 fully saturated rings. The highest BCUT2D eigenvalue weighted by Crippen LogP contribution is 2.17. The highest BCUT2D eigenvalue weighted by atomic mass is 16.5. The Balaban J connectivity index is 2.01. The largest absolute Gasteiger partial charge is 0.491 e. The van der Waals surface area contributed by atoms with Crippen molar-refractivity contribution < 1.29 is 14.6 Å². The number of aromatic nitrogens is 1. The van der Waals surface area contributed by atoms with Gasteiger partial charge in [0.25, 0.3) is 5.91 Å². The molecule has 5 heteroatoms. The van der Waals surface area contributed by atoms with Gasteiger partial charge in [0.1, 0.15) is 12.4 Å². The van der Waals surface area contributed by atoms with Crippen LogP contribution in [0.15, 0.2) is 42.7 Å². The summed E-state index contributed by atoms with van der Waals surface area (Å²) in [5.74, 6) is 0.484. The van der Waals surface area contributed by atoms with Crippen LogP contribution in [-0.4, -0.2) is 29.2 Å². The van der Waals surface area contributed by atoms with Crippen LogP contribution in [0.4, 0.5) is 0 Å². The average molecular weight is 286 g/mol. The molecule has 0 radical (unpaired) electrons. The first-order valence-electron chi connectivity index (χ1n) is 6.72. The van der Waals surface area contributed by atoms with Crippen LogP contribution in [0, 0.1) is 6.92 Å². The summed E-state index contributed by atoms with van der Waals surface area (Å²) in [5.41, 5.74) is 2.33. The predicted octanol–water partition coefficient (Wildman–Crippen LogP) is 1.69. The zero-order valence-electron chi connectivity index (χ0n) is 11.9. The maximum atomic E-state index is 12.1. The lowest BCUT2D eigenvalue weighted by molar-refractivity contribution is 0.0950. The Kier molecular flexibility index (Phi) is 5.29. The van der Waals surface area contributed by atoms with E-state index >= 15 is 0 Å². The number of aryl methyl sites for hydroxylation is 1. The number of nitrogens with one attached hydrogen (secondary N) is 1. The zero-order valence-corrected chi connectivity index (χ0v) is 11.9. The first-order valence-corrected chi connectivity index (χ1v) is 6.72. The van der Waals surface area contributed by atoms with E-state index in [1.54, 1.807) is 12.3 Å². The quantitative estimate of drug-likeness (QED) is 0.847. The van der Waals surface area contributed by atoms with E-state index in [1.807, 2.05) is 31.2 Å². The van der Waals surface area contributed by atoms with E-state index in [1.165, 1.54) is 6.20 Å². The number of amides is 1. The number of aliphatic hydroxyl groups is 1. The van der Waals surface area contributed by atoms with Crippen molar-refractivity contribution >= 4 is 5.91 Å². The van der Waals surface area contributed by atoms with Crippen molar-refractivity contribution in [2.75, 3.05) is 13.2 Å². The molecule has 1 aromatic carbocycles. The van der Waals surface area contributed by atoms with Crippen LogP contribution in [0.25, 0.3) is 0 Å². The van der Waals surface area contributed by atoms with Gasteiger partial charge in [-0.3, -0.25) is 9.78 Å². The number of hydrogen-bond acceptors (Lipinski definition) is 4. The molecule has 1 amide bonds. The summed E-state index contributed by atoms with van der Waals surface area (Å²) in [7, 11) is 0. The normalized spacial score (nSPS) is 10.2. The Morgan fingerprint density at radius 1 is 1.33 bits per heavy atom. The molecule has 5 nitrogen and oxygen atoms in total. The first-order chi connectivity index (χ1) is 10.2. The van der Waals surface area contributed by atoms with E-state index in [4.69, 9.17) is 9.84 Å². The van der Waals surface area contributed by atoms with Crippen molar-refractivity contribution in [3.63, 3.8) is 0 Å². The molecule has 0 unspecified atom stereocenters. The van der Waals surface area contributed by atoms with Crippen LogP contribution in [0.1, 0.15) is 21.5 Å². The molecule has 0 aliphatic carbocycles. The van der Waals surface area contributed by atoms with Crippen LogP contribution in [0.3, 0.4) is 0 Å². The molecule has 0 saturated heterocycles. The van der Waals surface area contributed by atoms with E-state index < -0.39 is 0 Å². The van der Waals surface area contributed by atoms with E-state index in [0.717, 1.165) is 11.1 Å². The smallest absolute Gasteiger partial charge is 0.253 e. The molecule has 0 bridgehead atoms. The van der Waals surface area contributed by atoms with Crippen LogP contribution < -0.4 is 10.1 Å². The molecule has 0 saturated carbocycles. The summed E-state index contributed by atoms with van der Waals surface area (Å²) >= 11 is 0. The van der Waals surface area contributed by atoms with Crippen LogP contribution in [0.2, 0.25) is 0 Å². The van der Waals surface area contributed by atoms with Crippen LogP contribution >= 0.6 is 0 Å². The number of carbonyl (C=O) groups excluding carboxylic acids is 1.